The van der Waals surface area contributed by atoms with Crippen molar-refractivity contribution in [2.75, 3.05) is 7.11 Å². The van der Waals surface area contributed by atoms with E-state index in [1.165, 1.54) is 7.11 Å². The van der Waals surface area contributed by atoms with Crippen molar-refractivity contribution in [1.82, 2.24) is 5.32 Å². The van der Waals surface area contributed by atoms with Gasteiger partial charge < -0.3 is 15.8 Å². The molecule has 0 aliphatic heterocycles. The zero-order chi connectivity index (χ0) is 11.3. The molecule has 1 aromatic carbocycles. The number of amides is 2. The van der Waals surface area contributed by atoms with Gasteiger partial charge in [-0.05, 0) is 5.56 Å². The second-order valence-electron chi connectivity index (χ2n) is 2.88. The van der Waals surface area contributed by atoms with Crippen LogP contribution in [0.2, 0.25) is 0 Å². The highest BCUT2D eigenvalue weighted by atomic mass is 16.5. The van der Waals surface area contributed by atoms with E-state index in [4.69, 9.17) is 5.73 Å². The van der Waals surface area contributed by atoms with E-state index in [1.807, 2.05) is 0 Å². The van der Waals surface area contributed by atoms with Crippen LogP contribution in [0.1, 0.15) is 11.6 Å². The van der Waals surface area contributed by atoms with Crippen molar-refractivity contribution in [2.45, 2.75) is 6.04 Å². The average molecular weight is 208 g/mol. The molecule has 0 bridgehead atoms. The van der Waals surface area contributed by atoms with Gasteiger partial charge in [-0.25, -0.2) is 4.79 Å². The van der Waals surface area contributed by atoms with Gasteiger partial charge in [-0.3, -0.25) is 4.79 Å². The summed E-state index contributed by atoms with van der Waals surface area (Å²) < 4.78 is 4.39. The maximum absolute atomic E-state index is 11.1. The van der Waals surface area contributed by atoms with E-state index >= 15 is 0 Å². The van der Waals surface area contributed by atoms with E-state index < -0.39 is 18.0 Å². The molecule has 0 radical (unpaired) electrons. The fourth-order valence-corrected chi connectivity index (χ4v) is 1.14. The Hall–Kier alpha value is -2.04. The molecule has 0 aromatic heterocycles. The van der Waals surface area contributed by atoms with E-state index in [-0.39, 0.29) is 0 Å². The summed E-state index contributed by atoms with van der Waals surface area (Å²) in [4.78, 5) is 22.1. The van der Waals surface area contributed by atoms with E-state index in [0.29, 0.717) is 5.56 Å². The Morgan fingerprint density at radius 1 is 1.33 bits per heavy atom. The SMILES string of the molecule is COC(=O)N[C@H](C(N)=O)c1ccccc1. The first kappa shape index (κ1) is 11.0. The number of methoxy groups -OCH3 is 1. The summed E-state index contributed by atoms with van der Waals surface area (Å²) in [6.45, 7) is 0. The van der Waals surface area contributed by atoms with Crippen molar-refractivity contribution in [1.29, 1.82) is 0 Å². The molecule has 0 aliphatic rings. The molecule has 1 atom stereocenters. The van der Waals surface area contributed by atoms with Gasteiger partial charge in [0.1, 0.15) is 6.04 Å². The number of hydrogen-bond donors (Lipinski definition) is 2. The summed E-state index contributed by atoms with van der Waals surface area (Å²) in [6, 6.07) is 7.85. The molecule has 5 heteroatoms. The van der Waals surface area contributed by atoms with Crippen LogP contribution >= 0.6 is 0 Å². The molecule has 1 rings (SSSR count). The maximum atomic E-state index is 11.1. The van der Waals surface area contributed by atoms with Crippen LogP contribution in [-0.4, -0.2) is 19.1 Å². The highest BCUT2D eigenvalue weighted by molar-refractivity contribution is 5.85. The quantitative estimate of drug-likeness (QED) is 0.761. The van der Waals surface area contributed by atoms with Crippen LogP contribution < -0.4 is 11.1 Å². The third kappa shape index (κ3) is 2.98. The minimum absolute atomic E-state index is 0.621. The highest BCUT2D eigenvalue weighted by Gasteiger charge is 2.19. The van der Waals surface area contributed by atoms with Gasteiger partial charge in [-0.1, -0.05) is 30.3 Å². The predicted molar refractivity (Wildman–Crippen MR) is 53.9 cm³/mol. The number of hydrogen-bond acceptors (Lipinski definition) is 3. The van der Waals surface area contributed by atoms with Crippen molar-refractivity contribution in [3.63, 3.8) is 0 Å². The number of carbonyl (C=O) groups is 2. The van der Waals surface area contributed by atoms with Crippen LogP contribution in [0.15, 0.2) is 30.3 Å². The Balaban J connectivity index is 2.84. The molecule has 5 nitrogen and oxygen atoms in total. The number of alkyl carbamates (subject to hydrolysis) is 1. The molecule has 3 N–H and O–H groups in total. The number of primary amides is 1. The van der Waals surface area contributed by atoms with E-state index in [1.54, 1.807) is 30.3 Å². The molecule has 15 heavy (non-hydrogen) atoms. The van der Waals surface area contributed by atoms with Crippen molar-refractivity contribution in [3.05, 3.63) is 35.9 Å². The molecule has 1 aromatic rings. The summed E-state index contributed by atoms with van der Waals surface area (Å²) in [5, 5.41) is 2.35. The Morgan fingerprint density at radius 2 is 1.93 bits per heavy atom. The Bertz CT molecular complexity index is 351. The first-order valence-corrected chi connectivity index (χ1v) is 4.34. The largest absolute Gasteiger partial charge is 0.453 e. The monoisotopic (exact) mass is 208 g/mol. The third-order valence-electron chi connectivity index (χ3n) is 1.87. The van der Waals surface area contributed by atoms with Crippen LogP contribution in [0.3, 0.4) is 0 Å². The minimum Gasteiger partial charge on any atom is -0.453 e. The lowest BCUT2D eigenvalue weighted by molar-refractivity contribution is -0.120. The van der Waals surface area contributed by atoms with E-state index in [2.05, 4.69) is 10.1 Å². The normalized spacial score (nSPS) is 11.5. The summed E-state index contributed by atoms with van der Waals surface area (Å²) in [5.74, 6) is -0.633. The minimum atomic E-state index is -0.862. The zero-order valence-electron chi connectivity index (χ0n) is 8.27. The summed E-state index contributed by atoms with van der Waals surface area (Å²) in [5.41, 5.74) is 5.78. The number of carbonyl (C=O) groups excluding carboxylic acids is 2. The molecular formula is C10H12N2O3. The lowest BCUT2D eigenvalue weighted by atomic mass is 10.1. The van der Waals surface area contributed by atoms with Gasteiger partial charge in [-0.15, -0.1) is 0 Å². The second kappa shape index (κ2) is 4.99. The van der Waals surface area contributed by atoms with Crippen molar-refractivity contribution < 1.29 is 14.3 Å². The van der Waals surface area contributed by atoms with Crippen LogP contribution in [0, 0.1) is 0 Å². The first-order valence-electron chi connectivity index (χ1n) is 4.34. The van der Waals surface area contributed by atoms with Gasteiger partial charge in [0, 0.05) is 0 Å². The topological polar surface area (TPSA) is 81.4 Å². The van der Waals surface area contributed by atoms with Gasteiger partial charge in [0.05, 0.1) is 7.11 Å². The van der Waals surface area contributed by atoms with Crippen LogP contribution in [0.25, 0.3) is 0 Å². The first-order chi connectivity index (χ1) is 7.15. The Kier molecular flexibility index (Phi) is 3.68. The fourth-order valence-electron chi connectivity index (χ4n) is 1.14. The Morgan fingerprint density at radius 3 is 2.40 bits per heavy atom. The zero-order valence-corrected chi connectivity index (χ0v) is 8.27. The Labute approximate surface area is 87.2 Å². The second-order valence-corrected chi connectivity index (χ2v) is 2.88. The van der Waals surface area contributed by atoms with Gasteiger partial charge in [-0.2, -0.15) is 0 Å². The molecule has 0 aliphatic carbocycles. The molecule has 0 saturated heterocycles. The van der Waals surface area contributed by atoms with Gasteiger partial charge >= 0.3 is 6.09 Å². The van der Waals surface area contributed by atoms with Crippen molar-refractivity contribution in [2.24, 2.45) is 5.73 Å². The molecule has 0 spiro atoms. The average Bonchev–Trinajstić information content (AvgIpc) is 2.26. The molecule has 2 amide bonds. The number of rotatable bonds is 3. The van der Waals surface area contributed by atoms with Gasteiger partial charge in [0.15, 0.2) is 0 Å². The summed E-state index contributed by atoms with van der Waals surface area (Å²) in [7, 11) is 1.22. The van der Waals surface area contributed by atoms with Crippen LogP contribution in [-0.2, 0) is 9.53 Å². The molecule has 0 fully saturated rings. The molecule has 0 heterocycles. The fraction of sp³-hybridized carbons (Fsp3) is 0.200. The third-order valence-corrected chi connectivity index (χ3v) is 1.87. The lowest BCUT2D eigenvalue weighted by Crippen LogP contribution is -2.37. The van der Waals surface area contributed by atoms with E-state index in [0.717, 1.165) is 0 Å². The predicted octanol–water partition coefficient (Wildman–Crippen LogP) is 0.569. The standard InChI is InChI=1S/C10H12N2O3/c1-15-10(14)12-8(9(11)13)7-5-3-2-4-6-7/h2-6,8H,1H3,(H2,11,13)(H,12,14)/t8-/m0/s1. The van der Waals surface area contributed by atoms with E-state index in [9.17, 15) is 9.59 Å². The number of benzene rings is 1. The highest BCUT2D eigenvalue weighted by Crippen LogP contribution is 2.11. The van der Waals surface area contributed by atoms with Gasteiger partial charge in [0.25, 0.3) is 0 Å². The number of ether oxygens (including phenoxy) is 1. The smallest absolute Gasteiger partial charge is 0.407 e. The molecule has 0 saturated carbocycles. The van der Waals surface area contributed by atoms with Gasteiger partial charge in [0.2, 0.25) is 5.91 Å². The molecular weight excluding hydrogens is 196 g/mol. The lowest BCUT2D eigenvalue weighted by Gasteiger charge is -2.14. The van der Waals surface area contributed by atoms with Crippen LogP contribution in [0.5, 0.6) is 0 Å². The van der Waals surface area contributed by atoms with Crippen LogP contribution in [0.4, 0.5) is 4.79 Å². The maximum Gasteiger partial charge on any atom is 0.407 e. The summed E-state index contributed by atoms with van der Waals surface area (Å²) >= 11 is 0. The number of nitrogens with one attached hydrogen (secondary N) is 1. The molecule has 0 unspecified atom stereocenters. The summed E-state index contributed by atoms with van der Waals surface area (Å²) in [6.07, 6.45) is -0.692. The van der Waals surface area contributed by atoms with Crippen molar-refractivity contribution in [3.8, 4) is 0 Å². The molecule has 80 valence electrons. The van der Waals surface area contributed by atoms with Crippen molar-refractivity contribution >= 4 is 12.0 Å². The number of nitrogens with two attached hydrogens (primary N) is 1.